The second-order valence-electron chi connectivity index (χ2n) is 4.32. The number of carbonyl (C=O) groups excluding carboxylic acids is 1. The average molecular weight is 220 g/mol. The van der Waals surface area contributed by atoms with Crippen LogP contribution in [-0.4, -0.2) is 35.0 Å². The third-order valence-corrected chi connectivity index (χ3v) is 2.90. The van der Waals surface area contributed by atoms with Gasteiger partial charge < -0.3 is 15.7 Å². The van der Waals surface area contributed by atoms with Crippen molar-refractivity contribution < 1.29 is 9.90 Å². The van der Waals surface area contributed by atoms with Crippen LogP contribution in [0.15, 0.2) is 18.2 Å². The van der Waals surface area contributed by atoms with Gasteiger partial charge in [0, 0.05) is 19.1 Å². The molecule has 0 aromatic heterocycles. The molecule has 4 nitrogen and oxygen atoms in total. The summed E-state index contributed by atoms with van der Waals surface area (Å²) < 4.78 is 0. The maximum absolute atomic E-state index is 12.0. The number of benzene rings is 1. The lowest BCUT2D eigenvalue weighted by molar-refractivity contribution is 0.0788. The van der Waals surface area contributed by atoms with Crippen LogP contribution in [0.2, 0.25) is 0 Å². The largest absolute Gasteiger partial charge is 0.507 e. The lowest BCUT2D eigenvalue weighted by atomic mass is 10.1. The van der Waals surface area contributed by atoms with Gasteiger partial charge in [0.2, 0.25) is 0 Å². The molecule has 86 valence electrons. The smallest absolute Gasteiger partial charge is 0.257 e. The SMILES string of the molecule is Cc1ccc(C(=O)N2CC[C@@H](N)C2)c(O)c1. The van der Waals surface area contributed by atoms with Crippen molar-refractivity contribution in [3.8, 4) is 5.75 Å². The monoisotopic (exact) mass is 220 g/mol. The van der Waals surface area contributed by atoms with Crippen molar-refractivity contribution >= 4 is 5.91 Å². The number of nitrogens with zero attached hydrogens (tertiary/aromatic N) is 1. The summed E-state index contributed by atoms with van der Waals surface area (Å²) >= 11 is 0. The van der Waals surface area contributed by atoms with Crippen molar-refractivity contribution in [3.63, 3.8) is 0 Å². The molecule has 0 spiro atoms. The summed E-state index contributed by atoms with van der Waals surface area (Å²) in [6, 6.07) is 5.15. The number of likely N-dealkylation sites (tertiary alicyclic amines) is 1. The van der Waals surface area contributed by atoms with E-state index in [1.807, 2.05) is 13.0 Å². The van der Waals surface area contributed by atoms with E-state index in [1.54, 1.807) is 17.0 Å². The van der Waals surface area contributed by atoms with Crippen LogP contribution in [0.25, 0.3) is 0 Å². The van der Waals surface area contributed by atoms with Crippen molar-refractivity contribution in [2.45, 2.75) is 19.4 Å². The Kier molecular flexibility index (Phi) is 2.83. The molecule has 1 saturated heterocycles. The molecule has 1 aliphatic rings. The Morgan fingerprint density at radius 2 is 2.31 bits per heavy atom. The number of aromatic hydroxyl groups is 1. The quantitative estimate of drug-likeness (QED) is 0.738. The molecule has 3 N–H and O–H groups in total. The number of carbonyl (C=O) groups is 1. The second-order valence-corrected chi connectivity index (χ2v) is 4.32. The fraction of sp³-hybridized carbons (Fsp3) is 0.417. The summed E-state index contributed by atoms with van der Waals surface area (Å²) in [5, 5.41) is 9.71. The maximum atomic E-state index is 12.0. The van der Waals surface area contributed by atoms with Gasteiger partial charge in [-0.25, -0.2) is 0 Å². The van der Waals surface area contributed by atoms with Crippen molar-refractivity contribution in [2.24, 2.45) is 5.73 Å². The number of hydrogen-bond acceptors (Lipinski definition) is 3. The zero-order chi connectivity index (χ0) is 11.7. The first-order valence-electron chi connectivity index (χ1n) is 5.42. The normalized spacial score (nSPS) is 20.1. The molecule has 0 radical (unpaired) electrons. The van der Waals surface area contributed by atoms with Gasteiger partial charge in [-0.2, -0.15) is 0 Å². The fourth-order valence-electron chi connectivity index (χ4n) is 1.96. The van der Waals surface area contributed by atoms with E-state index in [0.29, 0.717) is 18.7 Å². The fourth-order valence-corrected chi connectivity index (χ4v) is 1.96. The number of rotatable bonds is 1. The molecule has 1 aromatic carbocycles. The Balaban J connectivity index is 2.21. The van der Waals surface area contributed by atoms with E-state index in [-0.39, 0.29) is 17.7 Å². The molecule has 4 heteroatoms. The van der Waals surface area contributed by atoms with Crippen LogP contribution in [0.3, 0.4) is 0 Å². The first-order chi connectivity index (χ1) is 7.58. The molecular weight excluding hydrogens is 204 g/mol. The van der Waals surface area contributed by atoms with Crippen molar-refractivity contribution in [1.29, 1.82) is 0 Å². The van der Waals surface area contributed by atoms with E-state index in [1.165, 1.54) is 0 Å². The first kappa shape index (κ1) is 11.0. The number of phenols is 1. The van der Waals surface area contributed by atoms with Gasteiger partial charge in [0.1, 0.15) is 5.75 Å². The van der Waals surface area contributed by atoms with Crippen molar-refractivity contribution in [3.05, 3.63) is 29.3 Å². The topological polar surface area (TPSA) is 66.6 Å². The number of phenolic OH excluding ortho intramolecular Hbond substituents is 1. The third kappa shape index (κ3) is 2.02. The minimum Gasteiger partial charge on any atom is -0.507 e. The summed E-state index contributed by atoms with van der Waals surface area (Å²) in [7, 11) is 0. The van der Waals surface area contributed by atoms with Gasteiger partial charge in [-0.1, -0.05) is 6.07 Å². The molecule has 0 unspecified atom stereocenters. The highest BCUT2D eigenvalue weighted by atomic mass is 16.3. The first-order valence-corrected chi connectivity index (χ1v) is 5.42. The summed E-state index contributed by atoms with van der Waals surface area (Å²) in [4.78, 5) is 13.7. The third-order valence-electron chi connectivity index (χ3n) is 2.90. The molecule has 0 aliphatic carbocycles. The Labute approximate surface area is 94.7 Å². The number of nitrogens with two attached hydrogens (primary N) is 1. The van der Waals surface area contributed by atoms with Gasteiger partial charge >= 0.3 is 0 Å². The lowest BCUT2D eigenvalue weighted by Gasteiger charge is -2.16. The van der Waals surface area contributed by atoms with Crippen LogP contribution in [0.5, 0.6) is 5.75 Å². The van der Waals surface area contributed by atoms with Gasteiger partial charge in [-0.05, 0) is 31.0 Å². The van der Waals surface area contributed by atoms with Crippen LogP contribution < -0.4 is 5.73 Å². The zero-order valence-corrected chi connectivity index (χ0v) is 9.31. The molecule has 1 heterocycles. The van der Waals surface area contributed by atoms with Crippen LogP contribution in [0.4, 0.5) is 0 Å². The summed E-state index contributed by atoms with van der Waals surface area (Å²) in [6.45, 7) is 3.12. The molecule has 2 rings (SSSR count). The zero-order valence-electron chi connectivity index (χ0n) is 9.31. The maximum Gasteiger partial charge on any atom is 0.257 e. The van der Waals surface area contributed by atoms with Crippen molar-refractivity contribution in [1.82, 2.24) is 4.90 Å². The molecular formula is C12H16N2O2. The lowest BCUT2D eigenvalue weighted by Crippen LogP contribution is -2.31. The minimum atomic E-state index is -0.134. The van der Waals surface area contributed by atoms with E-state index >= 15 is 0 Å². The van der Waals surface area contributed by atoms with E-state index in [2.05, 4.69) is 0 Å². The molecule has 1 atom stereocenters. The Morgan fingerprint density at radius 3 is 2.88 bits per heavy atom. The van der Waals surface area contributed by atoms with Gasteiger partial charge in [0.25, 0.3) is 5.91 Å². The average Bonchev–Trinajstić information content (AvgIpc) is 2.64. The van der Waals surface area contributed by atoms with E-state index in [9.17, 15) is 9.90 Å². The highest BCUT2D eigenvalue weighted by molar-refractivity contribution is 5.97. The van der Waals surface area contributed by atoms with Gasteiger partial charge in [-0.3, -0.25) is 4.79 Å². The molecule has 1 aliphatic heterocycles. The molecule has 1 aromatic rings. The van der Waals surface area contributed by atoms with Crippen LogP contribution in [0, 0.1) is 6.92 Å². The summed E-state index contributed by atoms with van der Waals surface area (Å²) in [5.41, 5.74) is 7.04. The van der Waals surface area contributed by atoms with Gasteiger partial charge in [-0.15, -0.1) is 0 Å². The van der Waals surface area contributed by atoms with Gasteiger partial charge in [0.05, 0.1) is 5.56 Å². The highest BCUT2D eigenvalue weighted by Crippen LogP contribution is 2.21. The summed E-state index contributed by atoms with van der Waals surface area (Å²) in [5.74, 6) is -0.0871. The molecule has 16 heavy (non-hydrogen) atoms. The molecule has 1 amide bonds. The van der Waals surface area contributed by atoms with Crippen LogP contribution >= 0.6 is 0 Å². The summed E-state index contributed by atoms with van der Waals surface area (Å²) in [6.07, 6.45) is 0.832. The van der Waals surface area contributed by atoms with E-state index in [0.717, 1.165) is 12.0 Å². The van der Waals surface area contributed by atoms with E-state index < -0.39 is 0 Å². The van der Waals surface area contributed by atoms with Crippen LogP contribution in [-0.2, 0) is 0 Å². The Hall–Kier alpha value is -1.55. The minimum absolute atomic E-state index is 0.0467. The standard InChI is InChI=1S/C12H16N2O2/c1-8-2-3-10(11(15)6-8)12(16)14-5-4-9(13)7-14/h2-3,6,9,15H,4-5,7,13H2,1H3/t9-/m1/s1. The number of hydrogen-bond donors (Lipinski definition) is 2. The second kappa shape index (κ2) is 4.14. The Morgan fingerprint density at radius 1 is 1.56 bits per heavy atom. The van der Waals surface area contributed by atoms with Gasteiger partial charge in [0.15, 0.2) is 0 Å². The molecule has 0 bridgehead atoms. The molecule has 1 fully saturated rings. The highest BCUT2D eigenvalue weighted by Gasteiger charge is 2.25. The Bertz CT molecular complexity index is 417. The number of aryl methyl sites for hydroxylation is 1. The molecule has 0 saturated carbocycles. The predicted octanol–water partition coefficient (Wildman–Crippen LogP) is 0.874. The van der Waals surface area contributed by atoms with E-state index in [4.69, 9.17) is 5.73 Å². The predicted molar refractivity (Wildman–Crippen MR) is 61.3 cm³/mol. The number of amides is 1. The van der Waals surface area contributed by atoms with Crippen LogP contribution in [0.1, 0.15) is 22.3 Å². The van der Waals surface area contributed by atoms with Crippen molar-refractivity contribution in [2.75, 3.05) is 13.1 Å².